The molecule has 8 heteroatoms. The van der Waals surface area contributed by atoms with Crippen LogP contribution in [0.4, 0.5) is 11.4 Å². The lowest BCUT2D eigenvalue weighted by Crippen LogP contribution is -2.11. The Bertz CT molecular complexity index is 988. The van der Waals surface area contributed by atoms with Crippen molar-refractivity contribution in [1.29, 1.82) is 0 Å². The second-order valence-corrected chi connectivity index (χ2v) is 6.08. The first kappa shape index (κ1) is 18.5. The molecule has 27 heavy (non-hydrogen) atoms. The maximum Gasteiger partial charge on any atom is 0.293 e. The highest BCUT2D eigenvalue weighted by Crippen LogP contribution is 2.27. The van der Waals surface area contributed by atoms with Crippen molar-refractivity contribution < 1.29 is 9.66 Å². The molecule has 1 heterocycles. The second-order valence-electron chi connectivity index (χ2n) is 6.08. The van der Waals surface area contributed by atoms with Crippen LogP contribution in [0.3, 0.4) is 0 Å². The molecular formula is C19H20N4O4. The first-order valence-corrected chi connectivity index (χ1v) is 8.62. The van der Waals surface area contributed by atoms with Gasteiger partial charge in [-0.2, -0.15) is 0 Å². The predicted molar refractivity (Wildman–Crippen MR) is 103 cm³/mol. The van der Waals surface area contributed by atoms with E-state index in [2.05, 4.69) is 15.3 Å². The molecule has 2 N–H and O–H groups in total. The van der Waals surface area contributed by atoms with E-state index in [1.165, 1.54) is 18.5 Å². The summed E-state index contributed by atoms with van der Waals surface area (Å²) in [7, 11) is 0. The highest BCUT2D eigenvalue weighted by atomic mass is 16.6. The first-order chi connectivity index (χ1) is 13.1. The van der Waals surface area contributed by atoms with Gasteiger partial charge in [0.1, 0.15) is 5.69 Å². The number of hydrogen-bond donors (Lipinski definition) is 2. The maximum atomic E-state index is 11.8. The van der Waals surface area contributed by atoms with Gasteiger partial charge in [0.2, 0.25) is 0 Å². The van der Waals surface area contributed by atoms with Crippen LogP contribution >= 0.6 is 0 Å². The summed E-state index contributed by atoms with van der Waals surface area (Å²) in [6.07, 6.45) is 1.94. The van der Waals surface area contributed by atoms with Gasteiger partial charge in [-0.15, -0.1) is 0 Å². The van der Waals surface area contributed by atoms with Gasteiger partial charge < -0.3 is 15.0 Å². The van der Waals surface area contributed by atoms with Crippen molar-refractivity contribution >= 4 is 22.3 Å². The number of ether oxygens (including phenoxy) is 1. The van der Waals surface area contributed by atoms with Crippen LogP contribution in [0.25, 0.3) is 10.9 Å². The van der Waals surface area contributed by atoms with Crippen molar-refractivity contribution in [2.75, 3.05) is 18.5 Å². The third kappa shape index (κ3) is 4.48. The highest BCUT2D eigenvalue weighted by molar-refractivity contribution is 5.86. The average Bonchev–Trinajstić information content (AvgIpc) is 2.68. The summed E-state index contributed by atoms with van der Waals surface area (Å²) in [6.45, 7) is 3.00. The molecule has 2 aromatic carbocycles. The molecule has 0 amide bonds. The van der Waals surface area contributed by atoms with E-state index in [1.807, 2.05) is 37.3 Å². The largest absolute Gasteiger partial charge is 0.379 e. The molecule has 1 unspecified atom stereocenters. The smallest absolute Gasteiger partial charge is 0.293 e. The lowest BCUT2D eigenvalue weighted by atomic mass is 10.1. The average molecular weight is 368 g/mol. The summed E-state index contributed by atoms with van der Waals surface area (Å²) < 4.78 is 5.80. The third-order valence-electron chi connectivity index (χ3n) is 4.23. The first-order valence-electron chi connectivity index (χ1n) is 8.62. The quantitative estimate of drug-likeness (QED) is 0.358. The van der Waals surface area contributed by atoms with Crippen LogP contribution in [0.5, 0.6) is 0 Å². The molecule has 3 rings (SSSR count). The molecule has 0 spiro atoms. The Balaban J connectivity index is 1.60. The highest BCUT2D eigenvalue weighted by Gasteiger charge is 2.17. The van der Waals surface area contributed by atoms with Crippen molar-refractivity contribution in [3.63, 3.8) is 0 Å². The number of rotatable bonds is 8. The van der Waals surface area contributed by atoms with Crippen LogP contribution in [0.15, 0.2) is 53.6 Å². The molecule has 0 aliphatic rings. The number of nitro benzene ring substituents is 1. The lowest BCUT2D eigenvalue weighted by Gasteiger charge is -2.14. The van der Waals surface area contributed by atoms with Gasteiger partial charge in [-0.3, -0.25) is 14.9 Å². The number of benzene rings is 2. The Kier molecular flexibility index (Phi) is 5.77. The van der Waals surface area contributed by atoms with Gasteiger partial charge in [0.15, 0.2) is 0 Å². The molecule has 3 aromatic rings. The molecule has 0 fully saturated rings. The van der Waals surface area contributed by atoms with E-state index in [4.69, 9.17) is 4.74 Å². The van der Waals surface area contributed by atoms with E-state index >= 15 is 0 Å². The minimum Gasteiger partial charge on any atom is -0.379 e. The van der Waals surface area contributed by atoms with Crippen molar-refractivity contribution in [1.82, 2.24) is 9.97 Å². The standard InChI is InChI=1S/C19H20N4O4/c1-13(14-6-3-2-4-7-14)27-9-5-8-20-17-11-16-15(10-18(17)23(25)26)19(24)22-12-21-16/h2-4,6-7,10-13,20H,5,8-9H2,1H3,(H,21,22,24). The number of nitrogens with zero attached hydrogens (tertiary/aromatic N) is 2. The minimum absolute atomic E-state index is 0.0165. The summed E-state index contributed by atoms with van der Waals surface area (Å²) in [5.74, 6) is 0. The van der Waals surface area contributed by atoms with Crippen LogP contribution in [0.1, 0.15) is 25.0 Å². The number of aromatic nitrogens is 2. The van der Waals surface area contributed by atoms with E-state index in [9.17, 15) is 14.9 Å². The Labute approximate surface area is 155 Å². The fraction of sp³-hybridized carbons (Fsp3) is 0.263. The molecular weight excluding hydrogens is 348 g/mol. The zero-order chi connectivity index (χ0) is 19.2. The predicted octanol–water partition coefficient (Wildman–Crippen LogP) is 3.41. The van der Waals surface area contributed by atoms with Gasteiger partial charge in [-0.05, 0) is 25.0 Å². The molecule has 0 saturated heterocycles. The molecule has 140 valence electrons. The SMILES string of the molecule is CC(OCCCNc1cc2nc[nH]c(=O)c2cc1[N+](=O)[O-])c1ccccc1. The fourth-order valence-corrected chi connectivity index (χ4v) is 2.77. The third-order valence-corrected chi connectivity index (χ3v) is 4.23. The van der Waals surface area contributed by atoms with Crippen LogP contribution in [-0.4, -0.2) is 28.0 Å². The topological polar surface area (TPSA) is 110 Å². The van der Waals surface area contributed by atoms with Gasteiger partial charge in [0, 0.05) is 19.2 Å². The molecule has 0 saturated carbocycles. The number of fused-ring (bicyclic) bond motifs is 1. The minimum atomic E-state index is -0.512. The van der Waals surface area contributed by atoms with Crippen molar-refractivity contribution in [2.45, 2.75) is 19.4 Å². The number of aromatic amines is 1. The van der Waals surface area contributed by atoms with E-state index in [1.54, 1.807) is 0 Å². The van der Waals surface area contributed by atoms with Crippen LogP contribution in [-0.2, 0) is 4.74 Å². The molecule has 0 aliphatic carbocycles. The summed E-state index contributed by atoms with van der Waals surface area (Å²) in [5.41, 5.74) is 1.28. The van der Waals surface area contributed by atoms with Crippen molar-refractivity contribution in [3.05, 3.63) is 74.8 Å². The molecule has 0 radical (unpaired) electrons. The number of nitro groups is 1. The van der Waals surface area contributed by atoms with Crippen LogP contribution in [0.2, 0.25) is 0 Å². The molecule has 1 aromatic heterocycles. The zero-order valence-corrected chi connectivity index (χ0v) is 14.8. The summed E-state index contributed by atoms with van der Waals surface area (Å²) in [4.78, 5) is 29.1. The van der Waals surface area contributed by atoms with Gasteiger partial charge in [-0.25, -0.2) is 4.98 Å². The molecule has 0 aliphatic heterocycles. The van der Waals surface area contributed by atoms with Crippen LogP contribution < -0.4 is 10.9 Å². The van der Waals surface area contributed by atoms with Gasteiger partial charge >= 0.3 is 0 Å². The Morgan fingerprint density at radius 1 is 1.30 bits per heavy atom. The summed E-state index contributed by atoms with van der Waals surface area (Å²) >= 11 is 0. The molecule has 8 nitrogen and oxygen atoms in total. The molecule has 1 atom stereocenters. The number of hydrogen-bond acceptors (Lipinski definition) is 6. The van der Waals surface area contributed by atoms with Crippen LogP contribution in [0, 0.1) is 10.1 Å². The van der Waals surface area contributed by atoms with E-state index < -0.39 is 10.5 Å². The van der Waals surface area contributed by atoms with E-state index in [0.29, 0.717) is 30.8 Å². The van der Waals surface area contributed by atoms with Crippen molar-refractivity contribution in [2.24, 2.45) is 0 Å². The number of H-pyrrole nitrogens is 1. The van der Waals surface area contributed by atoms with E-state index in [-0.39, 0.29) is 17.2 Å². The molecule has 0 bridgehead atoms. The summed E-state index contributed by atoms with van der Waals surface area (Å²) in [6, 6.07) is 12.7. The normalized spacial score (nSPS) is 12.0. The maximum absolute atomic E-state index is 11.8. The van der Waals surface area contributed by atoms with Gasteiger partial charge in [0.25, 0.3) is 11.2 Å². The van der Waals surface area contributed by atoms with Crippen molar-refractivity contribution in [3.8, 4) is 0 Å². The Morgan fingerprint density at radius 3 is 2.81 bits per heavy atom. The number of anilines is 1. The lowest BCUT2D eigenvalue weighted by molar-refractivity contribution is -0.383. The Hall–Kier alpha value is -3.26. The second kappa shape index (κ2) is 8.41. The Morgan fingerprint density at radius 2 is 2.07 bits per heavy atom. The zero-order valence-electron chi connectivity index (χ0n) is 14.8. The monoisotopic (exact) mass is 368 g/mol. The fourth-order valence-electron chi connectivity index (χ4n) is 2.77. The van der Waals surface area contributed by atoms with Gasteiger partial charge in [-0.1, -0.05) is 30.3 Å². The summed E-state index contributed by atoms with van der Waals surface area (Å²) in [5, 5.41) is 14.6. The number of nitrogens with one attached hydrogen (secondary N) is 2. The van der Waals surface area contributed by atoms with Gasteiger partial charge in [0.05, 0.1) is 28.3 Å². The van der Waals surface area contributed by atoms with E-state index in [0.717, 1.165) is 5.56 Å².